The molecular weight excluding hydrogens is 335 g/mol. The lowest BCUT2D eigenvalue weighted by Gasteiger charge is -2.08. The highest BCUT2D eigenvalue weighted by atomic mass is 79.9. The van der Waals surface area contributed by atoms with Gasteiger partial charge in [0.1, 0.15) is 18.2 Å². The number of carbonyl (C=O) groups is 1. The predicted molar refractivity (Wildman–Crippen MR) is 75.3 cm³/mol. The van der Waals surface area contributed by atoms with Crippen molar-refractivity contribution >= 4 is 33.8 Å². The van der Waals surface area contributed by atoms with E-state index in [-0.39, 0.29) is 6.61 Å². The van der Waals surface area contributed by atoms with E-state index in [0.717, 1.165) is 6.29 Å². The molecule has 0 aliphatic heterocycles. The number of carbonyl (C=O) groups excluding carboxylic acids is 1. The molecule has 0 spiro atoms. The maximum absolute atomic E-state index is 13.5. The summed E-state index contributed by atoms with van der Waals surface area (Å²) < 4.78 is 19.7. The maximum atomic E-state index is 13.5. The van der Waals surface area contributed by atoms with Gasteiger partial charge in [-0.05, 0) is 30.3 Å². The summed E-state index contributed by atoms with van der Waals surface area (Å²) in [6.07, 6.45) is 0.722. The lowest BCUT2D eigenvalue weighted by molar-refractivity contribution is 0.112. The van der Waals surface area contributed by atoms with Gasteiger partial charge in [0.25, 0.3) is 0 Å². The minimum Gasteiger partial charge on any atom is -0.489 e. The molecule has 0 amide bonds. The molecule has 0 bridgehead atoms. The average molecular weight is 344 g/mol. The van der Waals surface area contributed by atoms with Gasteiger partial charge in [-0.1, -0.05) is 33.6 Å². The zero-order valence-corrected chi connectivity index (χ0v) is 12.0. The van der Waals surface area contributed by atoms with E-state index in [9.17, 15) is 9.18 Å². The SMILES string of the molecule is O=Cc1cc(OCc2ccc(Cl)cc2F)ccc1Br. The molecule has 2 aromatic rings. The van der Waals surface area contributed by atoms with Gasteiger partial charge in [-0.3, -0.25) is 4.79 Å². The summed E-state index contributed by atoms with van der Waals surface area (Å²) in [4.78, 5) is 10.8. The summed E-state index contributed by atoms with van der Waals surface area (Å²) in [5.74, 6) is 0.0832. The van der Waals surface area contributed by atoms with Crippen LogP contribution in [-0.2, 0) is 6.61 Å². The van der Waals surface area contributed by atoms with Gasteiger partial charge in [0.2, 0.25) is 0 Å². The van der Waals surface area contributed by atoms with E-state index in [4.69, 9.17) is 16.3 Å². The first-order chi connectivity index (χ1) is 9.10. The van der Waals surface area contributed by atoms with Crippen LogP contribution in [0.1, 0.15) is 15.9 Å². The zero-order valence-electron chi connectivity index (χ0n) is 9.70. The van der Waals surface area contributed by atoms with E-state index >= 15 is 0 Å². The first-order valence-corrected chi connectivity index (χ1v) is 6.58. The van der Waals surface area contributed by atoms with Crippen molar-refractivity contribution in [2.24, 2.45) is 0 Å². The molecule has 0 unspecified atom stereocenters. The van der Waals surface area contributed by atoms with Gasteiger partial charge >= 0.3 is 0 Å². The molecule has 0 heterocycles. The number of benzene rings is 2. The second-order valence-electron chi connectivity index (χ2n) is 3.83. The number of hydrogen-bond acceptors (Lipinski definition) is 2. The van der Waals surface area contributed by atoms with Gasteiger partial charge in [0.05, 0.1) is 0 Å². The van der Waals surface area contributed by atoms with Crippen LogP contribution in [0.2, 0.25) is 5.02 Å². The molecule has 2 nitrogen and oxygen atoms in total. The number of halogens is 3. The van der Waals surface area contributed by atoms with E-state index < -0.39 is 5.82 Å². The van der Waals surface area contributed by atoms with Crippen molar-refractivity contribution < 1.29 is 13.9 Å². The number of ether oxygens (including phenoxy) is 1. The first-order valence-electron chi connectivity index (χ1n) is 5.41. The molecule has 0 aliphatic carbocycles. The normalized spacial score (nSPS) is 10.3. The molecule has 98 valence electrons. The standard InChI is InChI=1S/C14H9BrClFO2/c15-13-4-3-12(5-10(13)7-18)19-8-9-1-2-11(16)6-14(9)17/h1-7H,8H2. The Kier molecular flexibility index (Phi) is 4.56. The van der Waals surface area contributed by atoms with Crippen LogP contribution in [0.4, 0.5) is 4.39 Å². The summed E-state index contributed by atoms with van der Waals surface area (Å²) in [6.45, 7) is 0.0724. The van der Waals surface area contributed by atoms with Crippen LogP contribution >= 0.6 is 27.5 Å². The Hall–Kier alpha value is -1.39. The van der Waals surface area contributed by atoms with E-state index in [0.29, 0.717) is 26.4 Å². The second kappa shape index (κ2) is 6.17. The van der Waals surface area contributed by atoms with Crippen LogP contribution in [0, 0.1) is 5.82 Å². The lowest BCUT2D eigenvalue weighted by Crippen LogP contribution is -1.99. The summed E-state index contributed by atoms with van der Waals surface area (Å²) in [5.41, 5.74) is 0.883. The Morgan fingerprint density at radius 3 is 2.74 bits per heavy atom. The molecule has 0 saturated carbocycles. The van der Waals surface area contributed by atoms with Gasteiger partial charge in [-0.2, -0.15) is 0 Å². The molecule has 5 heteroatoms. The Morgan fingerprint density at radius 1 is 1.26 bits per heavy atom. The van der Waals surface area contributed by atoms with Gasteiger partial charge in [0.15, 0.2) is 6.29 Å². The van der Waals surface area contributed by atoms with Gasteiger partial charge < -0.3 is 4.74 Å². The van der Waals surface area contributed by atoms with Crippen molar-refractivity contribution in [2.45, 2.75) is 6.61 Å². The van der Waals surface area contributed by atoms with Crippen molar-refractivity contribution in [3.63, 3.8) is 0 Å². The maximum Gasteiger partial charge on any atom is 0.151 e. The molecule has 19 heavy (non-hydrogen) atoms. The monoisotopic (exact) mass is 342 g/mol. The first kappa shape index (κ1) is 14.0. The van der Waals surface area contributed by atoms with Crippen LogP contribution in [0.3, 0.4) is 0 Å². The Labute approximate surface area is 123 Å². The van der Waals surface area contributed by atoms with Gasteiger partial charge in [-0.15, -0.1) is 0 Å². The van der Waals surface area contributed by atoms with Crippen LogP contribution in [0.25, 0.3) is 0 Å². The summed E-state index contributed by atoms with van der Waals surface area (Å²) in [7, 11) is 0. The third-order valence-corrected chi connectivity index (χ3v) is 3.46. The smallest absolute Gasteiger partial charge is 0.151 e. The molecule has 2 aromatic carbocycles. The largest absolute Gasteiger partial charge is 0.489 e. The van der Waals surface area contributed by atoms with Crippen molar-refractivity contribution in [3.8, 4) is 5.75 Å². The molecular formula is C14H9BrClFO2. The molecule has 0 fully saturated rings. The summed E-state index contributed by atoms with van der Waals surface area (Å²) in [6, 6.07) is 9.39. The van der Waals surface area contributed by atoms with Crippen LogP contribution < -0.4 is 4.74 Å². The molecule has 0 N–H and O–H groups in total. The fraction of sp³-hybridized carbons (Fsp3) is 0.0714. The van der Waals surface area contributed by atoms with E-state index in [1.165, 1.54) is 6.07 Å². The van der Waals surface area contributed by atoms with Crippen molar-refractivity contribution in [3.05, 3.63) is 62.8 Å². The quantitative estimate of drug-likeness (QED) is 0.756. The van der Waals surface area contributed by atoms with E-state index in [1.54, 1.807) is 30.3 Å². The minimum absolute atomic E-state index is 0.0724. The summed E-state index contributed by atoms with van der Waals surface area (Å²) in [5, 5.41) is 0.341. The highest BCUT2D eigenvalue weighted by Crippen LogP contribution is 2.22. The molecule has 2 rings (SSSR count). The van der Waals surface area contributed by atoms with Crippen molar-refractivity contribution in [1.82, 2.24) is 0 Å². The van der Waals surface area contributed by atoms with Crippen LogP contribution in [0.15, 0.2) is 40.9 Å². The number of aldehydes is 1. The lowest BCUT2D eigenvalue weighted by atomic mass is 10.2. The molecule has 0 radical (unpaired) electrons. The average Bonchev–Trinajstić information content (AvgIpc) is 2.39. The van der Waals surface area contributed by atoms with Gasteiger partial charge in [-0.25, -0.2) is 4.39 Å². The minimum atomic E-state index is -0.416. The van der Waals surface area contributed by atoms with Gasteiger partial charge in [0, 0.05) is 20.6 Å². The number of rotatable bonds is 4. The Bertz CT molecular complexity index is 616. The van der Waals surface area contributed by atoms with Crippen LogP contribution in [0.5, 0.6) is 5.75 Å². The van der Waals surface area contributed by atoms with E-state index in [2.05, 4.69) is 15.9 Å². The van der Waals surface area contributed by atoms with Crippen LogP contribution in [-0.4, -0.2) is 6.29 Å². The Morgan fingerprint density at radius 2 is 2.05 bits per heavy atom. The second-order valence-corrected chi connectivity index (χ2v) is 5.12. The molecule has 0 atom stereocenters. The highest BCUT2D eigenvalue weighted by Gasteiger charge is 2.05. The topological polar surface area (TPSA) is 26.3 Å². The predicted octanol–water partition coefficient (Wildman–Crippen LogP) is 4.63. The molecule has 0 saturated heterocycles. The zero-order chi connectivity index (χ0) is 13.8. The fourth-order valence-corrected chi connectivity index (χ4v) is 2.00. The molecule has 0 aromatic heterocycles. The third kappa shape index (κ3) is 3.55. The number of hydrogen-bond donors (Lipinski definition) is 0. The summed E-state index contributed by atoms with van der Waals surface area (Å²) >= 11 is 8.91. The third-order valence-electron chi connectivity index (χ3n) is 2.50. The van der Waals surface area contributed by atoms with E-state index in [1.807, 2.05) is 0 Å². The highest BCUT2D eigenvalue weighted by molar-refractivity contribution is 9.10. The fourth-order valence-electron chi connectivity index (χ4n) is 1.50. The van der Waals surface area contributed by atoms with Crippen molar-refractivity contribution in [2.75, 3.05) is 0 Å². The Balaban J connectivity index is 2.12. The van der Waals surface area contributed by atoms with Crippen molar-refractivity contribution in [1.29, 1.82) is 0 Å². The molecule has 0 aliphatic rings.